The maximum Gasteiger partial charge on any atom is 0.165 e. The van der Waals surface area contributed by atoms with Crippen molar-refractivity contribution in [3.05, 3.63) is 63.5 Å². The molecular formula is C18H14BrF3N2O2. The van der Waals surface area contributed by atoms with Gasteiger partial charge in [0.1, 0.15) is 11.6 Å². The van der Waals surface area contributed by atoms with Crippen LogP contribution in [0.3, 0.4) is 0 Å². The summed E-state index contributed by atoms with van der Waals surface area (Å²) in [7, 11) is 1.34. The number of anilines is 1. The molecule has 8 heteroatoms. The third-order valence-electron chi connectivity index (χ3n) is 3.94. The van der Waals surface area contributed by atoms with Gasteiger partial charge in [-0.2, -0.15) is 0 Å². The van der Waals surface area contributed by atoms with Crippen LogP contribution in [0.25, 0.3) is 10.9 Å². The lowest BCUT2D eigenvalue weighted by Crippen LogP contribution is -2.08. The van der Waals surface area contributed by atoms with Gasteiger partial charge in [-0.15, -0.1) is 0 Å². The van der Waals surface area contributed by atoms with Gasteiger partial charge >= 0.3 is 0 Å². The number of aromatic nitrogens is 1. The number of hydrogen-bond donors (Lipinski definition) is 2. The van der Waals surface area contributed by atoms with Gasteiger partial charge in [0.05, 0.1) is 24.9 Å². The molecule has 3 rings (SSSR count). The summed E-state index contributed by atoms with van der Waals surface area (Å²) in [6.07, 6.45) is 1.41. The van der Waals surface area contributed by atoms with Gasteiger partial charge in [0.25, 0.3) is 0 Å². The predicted molar refractivity (Wildman–Crippen MR) is 95.6 cm³/mol. The minimum atomic E-state index is -0.721. The highest BCUT2D eigenvalue weighted by Gasteiger charge is 2.15. The topological polar surface area (TPSA) is 54.4 Å². The summed E-state index contributed by atoms with van der Waals surface area (Å²) in [4.78, 5) is 4.16. The third-order valence-corrected chi connectivity index (χ3v) is 4.40. The van der Waals surface area contributed by atoms with E-state index in [0.717, 1.165) is 12.1 Å². The van der Waals surface area contributed by atoms with Crippen molar-refractivity contribution in [1.29, 1.82) is 0 Å². The second-order valence-corrected chi connectivity index (χ2v) is 6.44. The predicted octanol–water partition coefficient (Wildman–Crippen LogP) is 4.53. The van der Waals surface area contributed by atoms with Crippen molar-refractivity contribution in [2.24, 2.45) is 0 Å². The number of ether oxygens (including phenoxy) is 1. The van der Waals surface area contributed by atoms with Gasteiger partial charge in [-0.1, -0.05) is 15.9 Å². The van der Waals surface area contributed by atoms with E-state index in [1.807, 2.05) is 0 Å². The first-order valence-corrected chi connectivity index (χ1v) is 8.37. The molecule has 0 amide bonds. The number of hydrogen-bond acceptors (Lipinski definition) is 4. The van der Waals surface area contributed by atoms with Gasteiger partial charge in [-0.25, -0.2) is 13.2 Å². The van der Waals surface area contributed by atoms with E-state index < -0.39 is 17.5 Å². The fraction of sp³-hybridized carbons (Fsp3) is 0.167. The first-order valence-electron chi connectivity index (χ1n) is 7.58. The van der Waals surface area contributed by atoms with Crippen LogP contribution in [0.2, 0.25) is 0 Å². The summed E-state index contributed by atoms with van der Waals surface area (Å²) >= 11 is 3.02. The molecule has 3 aromatic rings. The average molecular weight is 427 g/mol. The Kier molecular flexibility index (Phi) is 5.33. The van der Waals surface area contributed by atoms with Gasteiger partial charge in [0.2, 0.25) is 0 Å². The number of methoxy groups -OCH3 is 1. The fourth-order valence-electron chi connectivity index (χ4n) is 2.64. The van der Waals surface area contributed by atoms with Crippen LogP contribution in [0.1, 0.15) is 11.1 Å². The van der Waals surface area contributed by atoms with Crippen molar-refractivity contribution >= 4 is 32.5 Å². The summed E-state index contributed by atoms with van der Waals surface area (Å²) in [5.41, 5.74) is 0.969. The van der Waals surface area contributed by atoms with Crippen LogP contribution in [0.4, 0.5) is 18.9 Å². The second kappa shape index (κ2) is 7.51. The van der Waals surface area contributed by atoms with Gasteiger partial charge in [-0.3, -0.25) is 4.98 Å². The average Bonchev–Trinajstić information content (AvgIpc) is 2.60. The molecule has 26 heavy (non-hydrogen) atoms. The van der Waals surface area contributed by atoms with Crippen LogP contribution in [0.15, 0.2) is 34.9 Å². The van der Waals surface area contributed by atoms with Crippen LogP contribution >= 0.6 is 15.9 Å². The van der Waals surface area contributed by atoms with Crippen LogP contribution in [-0.2, 0) is 13.2 Å². The Morgan fingerprint density at radius 1 is 1.12 bits per heavy atom. The number of aliphatic hydroxyl groups excluding tert-OH is 1. The summed E-state index contributed by atoms with van der Waals surface area (Å²) in [6.45, 7) is -0.561. The molecule has 0 atom stereocenters. The van der Waals surface area contributed by atoms with Crippen molar-refractivity contribution in [3.8, 4) is 5.75 Å². The summed E-state index contributed by atoms with van der Waals surface area (Å²) in [6, 6.07) is 4.93. The minimum Gasteiger partial charge on any atom is -0.494 e. The first kappa shape index (κ1) is 18.5. The highest BCUT2D eigenvalue weighted by atomic mass is 79.9. The first-order chi connectivity index (χ1) is 12.4. The molecule has 0 saturated carbocycles. The summed E-state index contributed by atoms with van der Waals surface area (Å²) in [5, 5.41) is 12.8. The molecule has 0 spiro atoms. The number of pyridine rings is 1. The van der Waals surface area contributed by atoms with E-state index in [0.29, 0.717) is 22.2 Å². The third kappa shape index (κ3) is 3.47. The molecule has 0 aliphatic carbocycles. The molecular weight excluding hydrogens is 413 g/mol. The number of benzene rings is 2. The zero-order valence-corrected chi connectivity index (χ0v) is 15.2. The Labute approximate surface area is 155 Å². The Morgan fingerprint density at radius 2 is 1.81 bits per heavy atom. The number of nitrogens with zero attached hydrogens (tertiary/aromatic N) is 1. The number of fused-ring (bicyclic) bond motifs is 1. The van der Waals surface area contributed by atoms with Crippen molar-refractivity contribution in [3.63, 3.8) is 0 Å². The monoisotopic (exact) mass is 426 g/mol. The van der Waals surface area contributed by atoms with E-state index in [9.17, 15) is 18.3 Å². The van der Waals surface area contributed by atoms with Gasteiger partial charge in [-0.05, 0) is 18.2 Å². The van der Waals surface area contributed by atoms with Crippen molar-refractivity contribution < 1.29 is 23.0 Å². The van der Waals surface area contributed by atoms with E-state index in [4.69, 9.17) is 4.74 Å². The normalized spacial score (nSPS) is 11.0. The Morgan fingerprint density at radius 3 is 2.42 bits per heavy atom. The molecule has 136 valence electrons. The van der Waals surface area contributed by atoms with Crippen molar-refractivity contribution in [1.82, 2.24) is 4.98 Å². The Hall–Kier alpha value is -2.32. The molecule has 1 heterocycles. The number of halogens is 4. The molecule has 0 radical (unpaired) electrons. The standard InChI is InChI=1S/C18H14BrF3N2O2/c1-26-17-5-16-11(4-15(17)22)18(9(8-25)6-23-16)24-7-12-13(20)2-10(19)3-14(12)21/h2-6,25H,7-8H2,1H3,(H,23,24). The molecule has 2 aromatic carbocycles. The van der Waals surface area contributed by atoms with Crippen LogP contribution in [0, 0.1) is 17.5 Å². The van der Waals surface area contributed by atoms with Gasteiger partial charge in [0.15, 0.2) is 11.6 Å². The van der Waals surface area contributed by atoms with Gasteiger partial charge < -0.3 is 15.2 Å². The molecule has 0 saturated heterocycles. The number of aliphatic hydroxyl groups is 1. The zero-order valence-electron chi connectivity index (χ0n) is 13.6. The molecule has 1 aromatic heterocycles. The fourth-order valence-corrected chi connectivity index (χ4v) is 3.04. The SMILES string of the molecule is COc1cc2ncc(CO)c(NCc3c(F)cc(Br)cc3F)c2cc1F. The lowest BCUT2D eigenvalue weighted by Gasteiger charge is -2.15. The Bertz CT molecular complexity index is 959. The lowest BCUT2D eigenvalue weighted by atomic mass is 10.1. The number of rotatable bonds is 5. The summed E-state index contributed by atoms with van der Waals surface area (Å²) < 4.78 is 47.4. The van der Waals surface area contributed by atoms with Gasteiger partial charge in [0, 0.05) is 39.8 Å². The molecule has 0 bridgehead atoms. The van der Waals surface area contributed by atoms with E-state index in [1.54, 1.807) is 0 Å². The van der Waals surface area contributed by atoms with Crippen LogP contribution in [-0.4, -0.2) is 17.2 Å². The molecule has 2 N–H and O–H groups in total. The van der Waals surface area contributed by atoms with E-state index >= 15 is 0 Å². The van der Waals surface area contributed by atoms with Crippen molar-refractivity contribution in [2.45, 2.75) is 13.2 Å². The maximum absolute atomic E-state index is 14.1. The van der Waals surface area contributed by atoms with E-state index in [-0.39, 0.29) is 28.9 Å². The number of nitrogens with one attached hydrogen (secondary N) is 1. The van der Waals surface area contributed by atoms with E-state index in [2.05, 4.69) is 26.2 Å². The highest BCUT2D eigenvalue weighted by molar-refractivity contribution is 9.10. The quantitative estimate of drug-likeness (QED) is 0.629. The van der Waals surface area contributed by atoms with E-state index in [1.165, 1.54) is 25.4 Å². The zero-order chi connectivity index (χ0) is 18.8. The molecule has 0 aliphatic rings. The smallest absolute Gasteiger partial charge is 0.165 e. The van der Waals surface area contributed by atoms with Crippen molar-refractivity contribution in [2.75, 3.05) is 12.4 Å². The lowest BCUT2D eigenvalue weighted by molar-refractivity contribution is 0.282. The molecule has 4 nitrogen and oxygen atoms in total. The molecule has 0 fully saturated rings. The Balaban J connectivity index is 2.05. The van der Waals surface area contributed by atoms with Crippen LogP contribution in [0.5, 0.6) is 5.75 Å². The molecule has 0 unspecified atom stereocenters. The molecule has 0 aliphatic heterocycles. The largest absolute Gasteiger partial charge is 0.494 e. The highest BCUT2D eigenvalue weighted by Crippen LogP contribution is 2.32. The summed E-state index contributed by atoms with van der Waals surface area (Å²) in [5.74, 6) is -2.03. The maximum atomic E-state index is 14.1. The minimum absolute atomic E-state index is 0.0256. The second-order valence-electron chi connectivity index (χ2n) is 5.52. The van der Waals surface area contributed by atoms with Crippen LogP contribution < -0.4 is 10.1 Å².